The van der Waals surface area contributed by atoms with Crippen LogP contribution < -0.4 is 15.1 Å². The van der Waals surface area contributed by atoms with Gasteiger partial charge in [-0.2, -0.15) is 0 Å². The second-order valence-electron chi connectivity index (χ2n) is 11.1. The Kier molecular flexibility index (Phi) is 5.74. The number of anilines is 3. The molecule has 3 aliphatic heterocycles. The van der Waals surface area contributed by atoms with Crippen molar-refractivity contribution in [3.8, 4) is 0 Å². The summed E-state index contributed by atoms with van der Waals surface area (Å²) >= 11 is 0. The normalized spacial score (nSPS) is 21.6. The Balaban J connectivity index is 1.38. The summed E-state index contributed by atoms with van der Waals surface area (Å²) in [4.78, 5) is 36.7. The van der Waals surface area contributed by atoms with Gasteiger partial charge in [0.25, 0.3) is 5.91 Å². The lowest BCUT2D eigenvalue weighted by Crippen LogP contribution is -2.43. The Labute approximate surface area is 207 Å². The molecule has 0 bridgehead atoms. The smallest absolute Gasteiger partial charge is 0.332 e. The average Bonchev–Trinajstić information content (AvgIpc) is 3.14. The molecule has 2 fully saturated rings. The highest BCUT2D eigenvalue weighted by Crippen LogP contribution is 2.43. The van der Waals surface area contributed by atoms with Crippen LogP contribution in [0.2, 0.25) is 0 Å². The van der Waals surface area contributed by atoms with Crippen molar-refractivity contribution < 1.29 is 14.3 Å². The van der Waals surface area contributed by atoms with E-state index < -0.39 is 5.54 Å². The quantitative estimate of drug-likeness (QED) is 0.652. The van der Waals surface area contributed by atoms with E-state index in [4.69, 9.17) is 4.74 Å². The molecule has 0 atom stereocenters. The number of carbonyl (C=O) groups excluding carboxylic acids is 2. The zero-order valence-corrected chi connectivity index (χ0v) is 21.3. The lowest BCUT2D eigenvalue weighted by atomic mass is 9.87. The Hall–Kier alpha value is -3.13. The SMILES string of the molecule is CN1CC(C)(C)c2ccc(N3C(=O)N(Cc4ccnc(NC5CCOCC5)c4)C(C)(C)C3=O)cc21. The van der Waals surface area contributed by atoms with E-state index in [1.54, 1.807) is 11.1 Å². The number of nitrogens with zero attached hydrogens (tertiary/aromatic N) is 4. The number of benzene rings is 1. The molecule has 5 rings (SSSR count). The number of hydrogen-bond acceptors (Lipinski definition) is 6. The van der Waals surface area contributed by atoms with Gasteiger partial charge in [-0.15, -0.1) is 0 Å². The molecule has 2 saturated heterocycles. The molecular weight excluding hydrogens is 442 g/mol. The lowest BCUT2D eigenvalue weighted by Gasteiger charge is -2.28. The number of urea groups is 1. The monoisotopic (exact) mass is 477 g/mol. The van der Waals surface area contributed by atoms with Crippen molar-refractivity contribution in [1.29, 1.82) is 0 Å². The number of imide groups is 1. The van der Waals surface area contributed by atoms with E-state index in [-0.39, 0.29) is 17.4 Å². The summed E-state index contributed by atoms with van der Waals surface area (Å²) < 4.78 is 5.44. The van der Waals surface area contributed by atoms with Gasteiger partial charge in [0.2, 0.25) is 0 Å². The minimum atomic E-state index is -0.959. The van der Waals surface area contributed by atoms with E-state index in [0.29, 0.717) is 18.3 Å². The van der Waals surface area contributed by atoms with Crippen molar-refractivity contribution in [2.45, 2.75) is 64.1 Å². The van der Waals surface area contributed by atoms with Crippen molar-refractivity contribution in [3.05, 3.63) is 47.7 Å². The minimum absolute atomic E-state index is 0.0324. The summed E-state index contributed by atoms with van der Waals surface area (Å²) in [5.74, 6) is 0.572. The van der Waals surface area contributed by atoms with Crippen LogP contribution in [0.4, 0.5) is 22.0 Å². The zero-order chi connectivity index (χ0) is 25.0. The third kappa shape index (κ3) is 4.14. The van der Waals surface area contributed by atoms with Crippen LogP contribution in [0.25, 0.3) is 0 Å². The van der Waals surface area contributed by atoms with Gasteiger partial charge in [0.15, 0.2) is 0 Å². The van der Waals surface area contributed by atoms with Crippen LogP contribution >= 0.6 is 0 Å². The van der Waals surface area contributed by atoms with E-state index in [2.05, 4.69) is 42.2 Å². The zero-order valence-electron chi connectivity index (χ0n) is 21.3. The highest BCUT2D eigenvalue weighted by atomic mass is 16.5. The molecule has 0 spiro atoms. The fourth-order valence-corrected chi connectivity index (χ4v) is 5.52. The third-order valence-corrected chi connectivity index (χ3v) is 7.57. The van der Waals surface area contributed by atoms with E-state index in [9.17, 15) is 9.59 Å². The summed E-state index contributed by atoms with van der Waals surface area (Å²) in [6.07, 6.45) is 3.64. The van der Waals surface area contributed by atoms with Crippen LogP contribution in [0.5, 0.6) is 0 Å². The number of rotatable bonds is 5. The standard InChI is InChI=1S/C27H35N5O3/c1-26(2)17-30(5)22-15-20(6-7-21(22)26)32-24(33)27(3,4)31(25(32)34)16-18-8-11-28-23(14-18)29-19-9-12-35-13-10-19/h6-8,11,14-15,19H,9-10,12-13,16-17H2,1-5H3,(H,28,29). The molecule has 0 saturated carbocycles. The number of ether oxygens (including phenoxy) is 1. The second-order valence-corrected chi connectivity index (χ2v) is 11.1. The van der Waals surface area contributed by atoms with E-state index >= 15 is 0 Å². The average molecular weight is 478 g/mol. The molecule has 0 radical (unpaired) electrons. The number of fused-ring (bicyclic) bond motifs is 1. The van der Waals surface area contributed by atoms with Crippen LogP contribution in [-0.2, 0) is 21.5 Å². The van der Waals surface area contributed by atoms with Crippen LogP contribution in [0, 0.1) is 0 Å². The molecule has 1 aromatic heterocycles. The summed E-state index contributed by atoms with van der Waals surface area (Å²) in [6, 6.07) is 9.84. The van der Waals surface area contributed by atoms with Gasteiger partial charge in [0, 0.05) is 56.7 Å². The van der Waals surface area contributed by atoms with Gasteiger partial charge in [-0.05, 0) is 62.1 Å². The lowest BCUT2D eigenvalue weighted by molar-refractivity contribution is -0.123. The van der Waals surface area contributed by atoms with Crippen LogP contribution in [-0.4, -0.2) is 60.2 Å². The maximum atomic E-state index is 13.6. The summed E-state index contributed by atoms with van der Waals surface area (Å²) in [5, 5.41) is 3.48. The maximum absolute atomic E-state index is 13.6. The molecular formula is C27H35N5O3. The Morgan fingerprint density at radius 1 is 1.09 bits per heavy atom. The highest BCUT2D eigenvalue weighted by Gasteiger charge is 2.52. The van der Waals surface area contributed by atoms with Crippen LogP contribution in [0.15, 0.2) is 36.5 Å². The van der Waals surface area contributed by atoms with Gasteiger partial charge >= 0.3 is 6.03 Å². The van der Waals surface area contributed by atoms with Gasteiger partial charge in [-0.25, -0.2) is 14.7 Å². The molecule has 0 unspecified atom stereocenters. The number of aromatic nitrogens is 1. The van der Waals surface area contributed by atoms with E-state index in [1.165, 1.54) is 10.5 Å². The topological polar surface area (TPSA) is 78.0 Å². The number of hydrogen-bond donors (Lipinski definition) is 1. The number of pyridine rings is 1. The van der Waals surface area contributed by atoms with Gasteiger partial charge in [0.1, 0.15) is 11.4 Å². The fourth-order valence-electron chi connectivity index (χ4n) is 5.52. The first-order valence-corrected chi connectivity index (χ1v) is 12.4. The molecule has 0 aliphatic carbocycles. The first-order valence-electron chi connectivity index (χ1n) is 12.4. The Bertz CT molecular complexity index is 1160. The molecule has 2 aromatic rings. The Morgan fingerprint density at radius 3 is 2.57 bits per heavy atom. The van der Waals surface area contributed by atoms with Crippen LogP contribution in [0.3, 0.4) is 0 Å². The number of nitrogens with one attached hydrogen (secondary N) is 1. The van der Waals surface area contributed by atoms with Crippen LogP contribution in [0.1, 0.15) is 51.7 Å². The third-order valence-electron chi connectivity index (χ3n) is 7.57. The van der Waals surface area contributed by atoms with Crippen molar-refractivity contribution in [2.75, 3.05) is 41.9 Å². The molecule has 1 N–H and O–H groups in total. The first-order chi connectivity index (χ1) is 16.6. The molecule has 4 heterocycles. The number of carbonyl (C=O) groups is 2. The number of likely N-dealkylation sites (N-methyl/N-ethyl adjacent to an activating group) is 1. The van der Waals surface area contributed by atoms with Crippen molar-refractivity contribution in [3.63, 3.8) is 0 Å². The fraction of sp³-hybridized carbons (Fsp3) is 0.519. The van der Waals surface area contributed by atoms with E-state index in [1.807, 2.05) is 38.1 Å². The van der Waals surface area contributed by atoms with Gasteiger partial charge in [-0.1, -0.05) is 19.9 Å². The minimum Gasteiger partial charge on any atom is -0.381 e. The van der Waals surface area contributed by atoms with Crippen molar-refractivity contribution in [1.82, 2.24) is 9.88 Å². The molecule has 8 nitrogen and oxygen atoms in total. The summed E-state index contributed by atoms with van der Waals surface area (Å²) in [5.41, 5.74) is 2.93. The molecule has 186 valence electrons. The molecule has 35 heavy (non-hydrogen) atoms. The second kappa shape index (κ2) is 8.52. The molecule has 1 aromatic carbocycles. The highest BCUT2D eigenvalue weighted by molar-refractivity contribution is 6.23. The predicted molar refractivity (Wildman–Crippen MR) is 137 cm³/mol. The Morgan fingerprint density at radius 2 is 1.83 bits per heavy atom. The summed E-state index contributed by atoms with van der Waals surface area (Å²) in [7, 11) is 2.05. The molecule has 8 heteroatoms. The van der Waals surface area contributed by atoms with Crippen molar-refractivity contribution in [2.24, 2.45) is 0 Å². The molecule has 3 aliphatic rings. The number of amides is 3. The summed E-state index contributed by atoms with van der Waals surface area (Å²) in [6.45, 7) is 10.8. The van der Waals surface area contributed by atoms with E-state index in [0.717, 1.165) is 49.7 Å². The maximum Gasteiger partial charge on any atom is 0.332 e. The van der Waals surface area contributed by atoms with Gasteiger partial charge in [0.05, 0.1) is 5.69 Å². The predicted octanol–water partition coefficient (Wildman–Crippen LogP) is 4.15. The first kappa shape index (κ1) is 23.6. The van der Waals surface area contributed by atoms with Gasteiger partial charge in [-0.3, -0.25) is 4.79 Å². The van der Waals surface area contributed by atoms with Gasteiger partial charge < -0.3 is 19.9 Å². The van der Waals surface area contributed by atoms with Crippen molar-refractivity contribution >= 4 is 29.1 Å². The molecule has 3 amide bonds. The largest absolute Gasteiger partial charge is 0.381 e.